The smallest absolute Gasteiger partial charge is 0.237 e. The van der Waals surface area contributed by atoms with Crippen molar-refractivity contribution in [2.24, 2.45) is 5.92 Å². The first-order valence-electron chi connectivity index (χ1n) is 8.17. The quantitative estimate of drug-likeness (QED) is 0.586. The van der Waals surface area contributed by atoms with Crippen molar-refractivity contribution >= 4 is 17.5 Å². The first-order valence-corrected chi connectivity index (χ1v) is 8.17. The summed E-state index contributed by atoms with van der Waals surface area (Å²) in [6.45, 7) is 8.67. The highest BCUT2D eigenvalue weighted by Crippen LogP contribution is 2.36. The minimum absolute atomic E-state index is 0.122. The van der Waals surface area contributed by atoms with E-state index in [4.69, 9.17) is 4.74 Å². The number of ether oxygens (including phenoxy) is 1. The number of hydrogen-bond acceptors (Lipinski definition) is 3. The summed E-state index contributed by atoms with van der Waals surface area (Å²) >= 11 is 0. The fourth-order valence-electron chi connectivity index (χ4n) is 2.66. The van der Waals surface area contributed by atoms with Gasteiger partial charge in [0, 0.05) is 6.42 Å². The number of carbonyl (C=O) groups excluding carboxylic acids is 2. The van der Waals surface area contributed by atoms with Crippen LogP contribution in [0.2, 0.25) is 0 Å². The van der Waals surface area contributed by atoms with Gasteiger partial charge in [-0.05, 0) is 45.7 Å². The molecule has 1 aromatic carbocycles. The minimum atomic E-state index is -0.267. The highest BCUT2D eigenvalue weighted by Gasteiger charge is 2.40. The van der Waals surface area contributed by atoms with Gasteiger partial charge in [0.25, 0.3) is 0 Å². The molecule has 0 saturated carbocycles. The number of rotatable bonds is 6. The van der Waals surface area contributed by atoms with Gasteiger partial charge in [-0.25, -0.2) is 4.90 Å². The lowest BCUT2D eigenvalue weighted by atomic mass is 9.96. The van der Waals surface area contributed by atoms with Crippen LogP contribution < -0.4 is 9.64 Å². The Morgan fingerprint density at radius 1 is 1.22 bits per heavy atom. The molecule has 1 aliphatic rings. The Kier molecular flexibility index (Phi) is 5.59. The lowest BCUT2D eigenvalue weighted by Gasteiger charge is -2.19. The molecule has 1 aliphatic heterocycles. The van der Waals surface area contributed by atoms with E-state index < -0.39 is 0 Å². The zero-order valence-corrected chi connectivity index (χ0v) is 14.4. The van der Waals surface area contributed by atoms with Crippen molar-refractivity contribution in [1.29, 1.82) is 0 Å². The Morgan fingerprint density at radius 3 is 2.57 bits per heavy atom. The fourth-order valence-corrected chi connectivity index (χ4v) is 2.66. The summed E-state index contributed by atoms with van der Waals surface area (Å²) in [6.07, 6.45) is 1.78. The van der Waals surface area contributed by atoms with Crippen molar-refractivity contribution in [1.82, 2.24) is 0 Å². The van der Waals surface area contributed by atoms with E-state index in [1.807, 2.05) is 39.8 Å². The molecular weight excluding hydrogens is 290 g/mol. The summed E-state index contributed by atoms with van der Waals surface area (Å²) in [5, 5.41) is 0. The van der Waals surface area contributed by atoms with E-state index in [1.54, 1.807) is 12.1 Å². The van der Waals surface area contributed by atoms with Crippen molar-refractivity contribution in [3.8, 4) is 5.75 Å². The predicted molar refractivity (Wildman–Crippen MR) is 91.5 cm³/mol. The average Bonchev–Trinajstić information content (AvgIpc) is 2.79. The summed E-state index contributed by atoms with van der Waals surface area (Å²) in [5.41, 5.74) is 2.94. The van der Waals surface area contributed by atoms with Gasteiger partial charge in [-0.2, -0.15) is 0 Å². The third-order valence-corrected chi connectivity index (χ3v) is 4.21. The molecule has 1 atom stereocenters. The Morgan fingerprint density at radius 2 is 1.91 bits per heavy atom. The Hall–Kier alpha value is -2.10. The van der Waals surface area contributed by atoms with Crippen molar-refractivity contribution in [3.05, 3.63) is 35.4 Å². The molecule has 1 unspecified atom stereocenters. The highest BCUT2D eigenvalue weighted by molar-refractivity contribution is 6.21. The molecule has 0 radical (unpaired) electrons. The third kappa shape index (κ3) is 3.81. The average molecular weight is 315 g/mol. The van der Waals surface area contributed by atoms with Crippen LogP contribution in [0.25, 0.3) is 0 Å². The lowest BCUT2D eigenvalue weighted by Crippen LogP contribution is -2.31. The van der Waals surface area contributed by atoms with Crippen LogP contribution in [0.1, 0.15) is 47.0 Å². The van der Waals surface area contributed by atoms with Gasteiger partial charge in [-0.1, -0.05) is 30.2 Å². The third-order valence-electron chi connectivity index (χ3n) is 4.21. The normalized spacial score (nSPS) is 17.6. The van der Waals surface area contributed by atoms with E-state index >= 15 is 0 Å². The SMILES string of the molecule is CCCOc1ccccc1N1C(=O)CC(CC(C)=C(C)C)C1=O. The number of amides is 2. The molecule has 1 saturated heterocycles. The molecule has 2 amide bonds. The van der Waals surface area contributed by atoms with Crippen molar-refractivity contribution in [2.45, 2.75) is 47.0 Å². The largest absolute Gasteiger partial charge is 0.491 e. The second-order valence-corrected chi connectivity index (χ2v) is 6.27. The Bertz CT molecular complexity index is 629. The fraction of sp³-hybridized carbons (Fsp3) is 0.474. The summed E-state index contributed by atoms with van der Waals surface area (Å²) in [5.74, 6) is 0.0597. The molecule has 23 heavy (non-hydrogen) atoms. The number of anilines is 1. The lowest BCUT2D eigenvalue weighted by molar-refractivity contribution is -0.122. The zero-order valence-electron chi connectivity index (χ0n) is 14.4. The van der Waals surface area contributed by atoms with E-state index in [-0.39, 0.29) is 24.2 Å². The number of hydrogen-bond donors (Lipinski definition) is 0. The van der Waals surface area contributed by atoms with Gasteiger partial charge in [0.1, 0.15) is 5.75 Å². The molecule has 1 aromatic rings. The number of imide groups is 1. The van der Waals surface area contributed by atoms with Gasteiger partial charge in [-0.3, -0.25) is 9.59 Å². The molecule has 1 fully saturated rings. The van der Waals surface area contributed by atoms with E-state index in [1.165, 1.54) is 16.0 Å². The number of carbonyl (C=O) groups is 2. The van der Waals surface area contributed by atoms with Crippen LogP contribution in [0.3, 0.4) is 0 Å². The van der Waals surface area contributed by atoms with Crippen molar-refractivity contribution in [3.63, 3.8) is 0 Å². The molecule has 0 N–H and O–H groups in total. The second kappa shape index (κ2) is 7.44. The number of allylic oxidation sites excluding steroid dienone is 2. The second-order valence-electron chi connectivity index (χ2n) is 6.27. The molecule has 4 heteroatoms. The molecule has 0 aromatic heterocycles. The number of para-hydroxylation sites is 2. The van der Waals surface area contributed by atoms with Gasteiger partial charge >= 0.3 is 0 Å². The maximum atomic E-state index is 12.7. The first-order chi connectivity index (χ1) is 11.0. The number of nitrogens with zero attached hydrogens (tertiary/aromatic N) is 1. The summed E-state index contributed by atoms with van der Waals surface area (Å²) < 4.78 is 5.69. The maximum absolute atomic E-state index is 12.7. The van der Waals surface area contributed by atoms with Crippen LogP contribution in [-0.4, -0.2) is 18.4 Å². The van der Waals surface area contributed by atoms with Crippen LogP contribution in [-0.2, 0) is 9.59 Å². The van der Waals surface area contributed by atoms with E-state index in [2.05, 4.69) is 0 Å². The number of benzene rings is 1. The monoisotopic (exact) mass is 315 g/mol. The van der Waals surface area contributed by atoms with Gasteiger partial charge in [0.15, 0.2) is 0 Å². The molecule has 4 nitrogen and oxygen atoms in total. The first kappa shape index (κ1) is 17.3. The Balaban J connectivity index is 2.26. The molecule has 2 rings (SSSR count). The van der Waals surface area contributed by atoms with Crippen LogP contribution in [0.15, 0.2) is 35.4 Å². The minimum Gasteiger partial charge on any atom is -0.491 e. The van der Waals surface area contributed by atoms with Gasteiger partial charge in [0.05, 0.1) is 18.2 Å². The summed E-state index contributed by atoms with van der Waals surface area (Å²) in [4.78, 5) is 26.4. The van der Waals surface area contributed by atoms with Gasteiger partial charge in [0.2, 0.25) is 11.8 Å². The summed E-state index contributed by atoms with van der Waals surface area (Å²) in [6, 6.07) is 7.25. The molecular formula is C19H25NO3. The topological polar surface area (TPSA) is 46.6 Å². The Labute approximate surface area is 138 Å². The van der Waals surface area contributed by atoms with Crippen molar-refractivity contribution < 1.29 is 14.3 Å². The molecule has 1 heterocycles. The van der Waals surface area contributed by atoms with Crippen LogP contribution in [0, 0.1) is 5.92 Å². The van der Waals surface area contributed by atoms with Crippen LogP contribution in [0.5, 0.6) is 5.75 Å². The molecule has 0 aliphatic carbocycles. The van der Waals surface area contributed by atoms with E-state index in [0.29, 0.717) is 24.5 Å². The molecule has 0 spiro atoms. The van der Waals surface area contributed by atoms with Gasteiger partial charge in [-0.15, -0.1) is 0 Å². The van der Waals surface area contributed by atoms with Crippen LogP contribution in [0.4, 0.5) is 5.69 Å². The highest BCUT2D eigenvalue weighted by atomic mass is 16.5. The van der Waals surface area contributed by atoms with Crippen LogP contribution >= 0.6 is 0 Å². The molecule has 0 bridgehead atoms. The summed E-state index contributed by atoms with van der Waals surface area (Å²) in [7, 11) is 0. The predicted octanol–water partition coefficient (Wildman–Crippen LogP) is 4.10. The zero-order chi connectivity index (χ0) is 17.0. The van der Waals surface area contributed by atoms with E-state index in [9.17, 15) is 9.59 Å². The van der Waals surface area contributed by atoms with Gasteiger partial charge < -0.3 is 4.74 Å². The standard InChI is InChI=1S/C19H25NO3/c1-5-10-23-17-9-7-6-8-16(17)20-18(21)12-15(19(20)22)11-14(4)13(2)3/h6-9,15H,5,10-12H2,1-4H3. The molecule has 124 valence electrons. The van der Waals surface area contributed by atoms with Crippen molar-refractivity contribution in [2.75, 3.05) is 11.5 Å². The van der Waals surface area contributed by atoms with E-state index in [0.717, 1.165) is 6.42 Å². The maximum Gasteiger partial charge on any atom is 0.237 e.